The monoisotopic (exact) mass is 374 g/mol. The van der Waals surface area contributed by atoms with Crippen LogP contribution >= 0.6 is 0 Å². The van der Waals surface area contributed by atoms with E-state index in [2.05, 4.69) is 13.0 Å². The number of carboxylic acid groups (broad SMARTS) is 1. The molecule has 0 saturated heterocycles. The second-order valence-corrected chi connectivity index (χ2v) is 8.05. The fraction of sp³-hybridized carbons (Fsp3) is 0.320. The van der Waals surface area contributed by atoms with Crippen molar-refractivity contribution in [3.63, 3.8) is 0 Å². The molecule has 0 bridgehead atoms. The average molecular weight is 374 g/mol. The number of aromatic carboxylic acids is 1. The standard InChI is InChI=1S/C25H26O3/c1-25(14-6-3-7-15-25)21-16-18(11-13-22(21)28-2)23-19-9-5-4-8-17(19)10-12-20(23)24(26)27/h4-5,8-13,16H,3,6-7,14-15H2,1-2H3,(H,26,27). The van der Waals surface area contributed by atoms with Gasteiger partial charge in [-0.25, -0.2) is 4.79 Å². The van der Waals surface area contributed by atoms with Crippen molar-refractivity contribution in [1.82, 2.24) is 0 Å². The summed E-state index contributed by atoms with van der Waals surface area (Å²) in [4.78, 5) is 12.0. The first-order valence-electron chi connectivity index (χ1n) is 9.97. The van der Waals surface area contributed by atoms with Gasteiger partial charge in [-0.1, -0.05) is 62.6 Å². The molecule has 3 heteroatoms. The summed E-state index contributed by atoms with van der Waals surface area (Å²) in [6, 6.07) is 17.7. The van der Waals surface area contributed by atoms with Crippen molar-refractivity contribution in [2.45, 2.75) is 44.4 Å². The molecule has 0 unspecified atom stereocenters. The highest BCUT2D eigenvalue weighted by Gasteiger charge is 2.32. The lowest BCUT2D eigenvalue weighted by Gasteiger charge is -2.35. The molecule has 1 fully saturated rings. The lowest BCUT2D eigenvalue weighted by molar-refractivity contribution is 0.0698. The number of carbonyl (C=O) groups is 1. The normalized spacial score (nSPS) is 16.1. The third-order valence-corrected chi connectivity index (χ3v) is 6.25. The van der Waals surface area contributed by atoms with Gasteiger partial charge in [0, 0.05) is 11.1 Å². The summed E-state index contributed by atoms with van der Waals surface area (Å²) in [5.74, 6) is -0.00717. The lowest BCUT2D eigenvalue weighted by Crippen LogP contribution is -2.25. The van der Waals surface area contributed by atoms with Gasteiger partial charge < -0.3 is 9.84 Å². The van der Waals surface area contributed by atoms with E-state index in [1.807, 2.05) is 42.5 Å². The highest BCUT2D eigenvalue weighted by molar-refractivity contribution is 6.07. The van der Waals surface area contributed by atoms with E-state index in [4.69, 9.17) is 4.74 Å². The Morgan fingerprint density at radius 1 is 1.00 bits per heavy atom. The summed E-state index contributed by atoms with van der Waals surface area (Å²) < 4.78 is 5.70. The maximum absolute atomic E-state index is 12.0. The van der Waals surface area contributed by atoms with E-state index in [0.29, 0.717) is 5.56 Å². The smallest absolute Gasteiger partial charge is 0.336 e. The zero-order valence-corrected chi connectivity index (χ0v) is 16.5. The third-order valence-electron chi connectivity index (χ3n) is 6.25. The molecular weight excluding hydrogens is 348 g/mol. The van der Waals surface area contributed by atoms with Crippen molar-refractivity contribution in [2.24, 2.45) is 0 Å². The van der Waals surface area contributed by atoms with Crippen LogP contribution in [0, 0.1) is 0 Å². The van der Waals surface area contributed by atoms with Crippen LogP contribution in [0.15, 0.2) is 54.6 Å². The number of hydrogen-bond acceptors (Lipinski definition) is 2. The molecular formula is C25H26O3. The van der Waals surface area contributed by atoms with E-state index < -0.39 is 5.97 Å². The van der Waals surface area contributed by atoms with Crippen LogP contribution in [0.2, 0.25) is 0 Å². The van der Waals surface area contributed by atoms with Gasteiger partial charge in [0.15, 0.2) is 0 Å². The Morgan fingerprint density at radius 2 is 1.75 bits per heavy atom. The summed E-state index contributed by atoms with van der Waals surface area (Å²) in [6.07, 6.45) is 5.99. The van der Waals surface area contributed by atoms with Crippen LogP contribution in [0.5, 0.6) is 5.75 Å². The molecule has 0 aromatic heterocycles. The molecule has 3 aromatic rings. The fourth-order valence-electron chi connectivity index (χ4n) is 4.70. The second-order valence-electron chi connectivity index (χ2n) is 8.05. The van der Waals surface area contributed by atoms with E-state index in [1.165, 1.54) is 24.8 Å². The first kappa shape index (κ1) is 18.5. The molecule has 3 nitrogen and oxygen atoms in total. The van der Waals surface area contributed by atoms with Crippen LogP contribution in [0.3, 0.4) is 0 Å². The number of rotatable bonds is 4. The highest BCUT2D eigenvalue weighted by Crippen LogP contribution is 2.45. The van der Waals surface area contributed by atoms with Crippen LogP contribution in [-0.4, -0.2) is 18.2 Å². The quantitative estimate of drug-likeness (QED) is 0.572. The van der Waals surface area contributed by atoms with Gasteiger partial charge in [-0.15, -0.1) is 0 Å². The molecule has 0 radical (unpaired) electrons. The van der Waals surface area contributed by atoms with Gasteiger partial charge in [0.25, 0.3) is 0 Å². The SMILES string of the molecule is COc1ccc(-c2c(C(=O)O)ccc3ccccc23)cc1C1(C)CCCCC1. The summed E-state index contributed by atoms with van der Waals surface area (Å²) in [6.45, 7) is 2.31. The fourth-order valence-corrected chi connectivity index (χ4v) is 4.70. The van der Waals surface area contributed by atoms with Crippen LogP contribution in [0.1, 0.15) is 54.9 Å². The number of fused-ring (bicyclic) bond motifs is 1. The molecule has 1 saturated carbocycles. The maximum atomic E-state index is 12.0. The number of hydrogen-bond donors (Lipinski definition) is 1. The number of ether oxygens (including phenoxy) is 1. The predicted molar refractivity (Wildman–Crippen MR) is 113 cm³/mol. The Bertz CT molecular complexity index is 1030. The van der Waals surface area contributed by atoms with Crippen LogP contribution in [0.25, 0.3) is 21.9 Å². The minimum atomic E-state index is -0.901. The largest absolute Gasteiger partial charge is 0.496 e. The molecule has 28 heavy (non-hydrogen) atoms. The van der Waals surface area contributed by atoms with Crippen LogP contribution < -0.4 is 4.74 Å². The Labute approximate surface area is 166 Å². The Hall–Kier alpha value is -2.81. The second kappa shape index (κ2) is 7.31. The van der Waals surface area contributed by atoms with Gasteiger partial charge in [-0.05, 0) is 52.8 Å². The molecule has 0 aliphatic heterocycles. The minimum absolute atomic E-state index is 0.0631. The zero-order chi connectivity index (χ0) is 19.7. The summed E-state index contributed by atoms with van der Waals surface area (Å²) in [7, 11) is 1.71. The summed E-state index contributed by atoms with van der Waals surface area (Å²) >= 11 is 0. The first-order chi connectivity index (χ1) is 13.5. The molecule has 0 heterocycles. The van der Waals surface area contributed by atoms with Gasteiger partial charge >= 0.3 is 5.97 Å². The van der Waals surface area contributed by atoms with E-state index in [1.54, 1.807) is 13.2 Å². The van der Waals surface area contributed by atoms with E-state index in [9.17, 15) is 9.90 Å². The lowest BCUT2D eigenvalue weighted by atomic mass is 9.70. The zero-order valence-electron chi connectivity index (χ0n) is 16.5. The number of carboxylic acids is 1. The maximum Gasteiger partial charge on any atom is 0.336 e. The van der Waals surface area contributed by atoms with E-state index >= 15 is 0 Å². The molecule has 1 aliphatic carbocycles. The Kier molecular flexibility index (Phi) is 4.84. The third kappa shape index (κ3) is 3.15. The van der Waals surface area contributed by atoms with Crippen molar-refractivity contribution in [2.75, 3.05) is 7.11 Å². The molecule has 1 aliphatic rings. The molecule has 144 valence electrons. The molecule has 4 rings (SSSR count). The molecule has 3 aromatic carbocycles. The Balaban J connectivity index is 1.97. The van der Waals surface area contributed by atoms with E-state index in [0.717, 1.165) is 40.5 Å². The highest BCUT2D eigenvalue weighted by atomic mass is 16.5. The van der Waals surface area contributed by atoms with Crippen LogP contribution in [0.4, 0.5) is 0 Å². The average Bonchev–Trinajstić information content (AvgIpc) is 2.73. The topological polar surface area (TPSA) is 46.5 Å². The van der Waals surface area contributed by atoms with Crippen molar-refractivity contribution >= 4 is 16.7 Å². The van der Waals surface area contributed by atoms with Gasteiger partial charge in [0.05, 0.1) is 12.7 Å². The molecule has 0 amide bonds. The van der Waals surface area contributed by atoms with Crippen molar-refractivity contribution < 1.29 is 14.6 Å². The number of benzene rings is 3. The van der Waals surface area contributed by atoms with Crippen molar-refractivity contribution in [3.05, 3.63) is 65.7 Å². The molecule has 0 atom stereocenters. The first-order valence-corrected chi connectivity index (χ1v) is 9.97. The molecule has 1 N–H and O–H groups in total. The van der Waals surface area contributed by atoms with Gasteiger partial charge in [0.1, 0.15) is 5.75 Å². The molecule has 0 spiro atoms. The van der Waals surface area contributed by atoms with Gasteiger partial charge in [-0.3, -0.25) is 0 Å². The van der Waals surface area contributed by atoms with Crippen molar-refractivity contribution in [1.29, 1.82) is 0 Å². The minimum Gasteiger partial charge on any atom is -0.496 e. The van der Waals surface area contributed by atoms with Gasteiger partial charge in [-0.2, -0.15) is 0 Å². The summed E-state index contributed by atoms with van der Waals surface area (Å²) in [5, 5.41) is 11.8. The van der Waals surface area contributed by atoms with E-state index in [-0.39, 0.29) is 5.41 Å². The van der Waals surface area contributed by atoms with Crippen molar-refractivity contribution in [3.8, 4) is 16.9 Å². The Morgan fingerprint density at radius 3 is 2.46 bits per heavy atom. The summed E-state index contributed by atoms with van der Waals surface area (Å²) in [5.41, 5.74) is 3.32. The van der Waals surface area contributed by atoms with Gasteiger partial charge in [0.2, 0.25) is 0 Å². The predicted octanol–water partition coefficient (Wildman–Crippen LogP) is 6.44. The van der Waals surface area contributed by atoms with Crippen LogP contribution in [-0.2, 0) is 5.41 Å². The number of methoxy groups -OCH3 is 1.